The molecule has 0 radical (unpaired) electrons. The predicted molar refractivity (Wildman–Crippen MR) is 181 cm³/mol. The summed E-state index contributed by atoms with van der Waals surface area (Å²) in [5.74, 6) is 0.282. The van der Waals surface area contributed by atoms with Gasteiger partial charge in [0, 0.05) is 58.5 Å². The molecule has 3 heterocycles. The Kier molecular flexibility index (Phi) is 12.7. The molecular formula is C36H54N4O7. The Hall–Kier alpha value is -3.57. The number of likely N-dealkylation sites (tertiary alicyclic amines) is 1. The van der Waals surface area contributed by atoms with Crippen molar-refractivity contribution in [2.45, 2.75) is 72.1 Å². The molecule has 2 fully saturated rings. The second-order valence-corrected chi connectivity index (χ2v) is 13.9. The quantitative estimate of drug-likeness (QED) is 0.291. The zero-order chi connectivity index (χ0) is 34.1. The average Bonchev–Trinajstić information content (AvgIpc) is 3.47. The van der Waals surface area contributed by atoms with Crippen LogP contribution >= 0.6 is 0 Å². The first kappa shape index (κ1) is 36.3. The minimum absolute atomic E-state index is 0.0107. The number of rotatable bonds is 12. The third-order valence-corrected chi connectivity index (χ3v) is 8.58. The molecule has 2 aliphatic rings. The van der Waals surface area contributed by atoms with Crippen molar-refractivity contribution >= 4 is 17.9 Å². The Bertz CT molecular complexity index is 1350. The molecule has 2 aromatic rings. The van der Waals surface area contributed by atoms with Crippen molar-refractivity contribution in [3.8, 4) is 17.0 Å². The van der Waals surface area contributed by atoms with Crippen LogP contribution in [0, 0.1) is 11.8 Å². The maximum atomic E-state index is 14.8. The van der Waals surface area contributed by atoms with Crippen LogP contribution in [0.3, 0.4) is 0 Å². The van der Waals surface area contributed by atoms with E-state index in [-0.39, 0.29) is 36.9 Å². The molecule has 0 saturated carbocycles. The highest BCUT2D eigenvalue weighted by atomic mass is 16.6. The number of hydrogen-bond acceptors (Lipinski definition) is 7. The summed E-state index contributed by atoms with van der Waals surface area (Å²) < 4.78 is 24.3. The van der Waals surface area contributed by atoms with Crippen LogP contribution in [0.4, 0.5) is 4.79 Å². The molecule has 0 N–H and O–H groups in total. The predicted octanol–water partition coefficient (Wildman–Crippen LogP) is 5.17. The first-order valence-electron chi connectivity index (χ1n) is 16.9. The summed E-state index contributed by atoms with van der Waals surface area (Å²) in [7, 11) is 3.34. The Balaban J connectivity index is 1.72. The minimum atomic E-state index is -0.695. The Morgan fingerprint density at radius 2 is 1.70 bits per heavy atom. The van der Waals surface area contributed by atoms with Gasteiger partial charge in [-0.05, 0) is 70.2 Å². The number of carbonyl (C=O) groups is 3. The lowest BCUT2D eigenvalue weighted by Gasteiger charge is -2.44. The zero-order valence-corrected chi connectivity index (χ0v) is 29.3. The lowest BCUT2D eigenvalue weighted by Crippen LogP contribution is -2.58. The normalized spacial score (nSPS) is 18.7. The summed E-state index contributed by atoms with van der Waals surface area (Å²) >= 11 is 0. The summed E-state index contributed by atoms with van der Waals surface area (Å²) in [6.45, 7) is 13.9. The molecule has 2 atom stereocenters. The summed E-state index contributed by atoms with van der Waals surface area (Å²) in [5, 5.41) is 0. The van der Waals surface area contributed by atoms with Gasteiger partial charge in [-0.25, -0.2) is 4.79 Å². The number of amides is 3. The van der Waals surface area contributed by atoms with Gasteiger partial charge in [0.1, 0.15) is 17.0 Å². The fraction of sp³-hybridized carbons (Fsp3) is 0.639. The molecule has 47 heavy (non-hydrogen) atoms. The summed E-state index contributed by atoms with van der Waals surface area (Å²) in [6, 6.07) is 11.3. The van der Waals surface area contributed by atoms with Crippen molar-refractivity contribution in [1.29, 1.82) is 0 Å². The smallest absolute Gasteiger partial charge is 0.410 e. The molecule has 11 nitrogen and oxygen atoms in total. The second kappa shape index (κ2) is 16.5. The van der Waals surface area contributed by atoms with Crippen LogP contribution in [0.1, 0.15) is 64.4 Å². The van der Waals surface area contributed by atoms with Crippen molar-refractivity contribution in [3.63, 3.8) is 0 Å². The highest BCUT2D eigenvalue weighted by Gasteiger charge is 2.41. The van der Waals surface area contributed by atoms with Gasteiger partial charge in [0.15, 0.2) is 0 Å². The number of methoxy groups -OCH3 is 2. The highest BCUT2D eigenvalue weighted by Crippen LogP contribution is 2.33. The molecule has 0 spiro atoms. The molecule has 1 aromatic carbocycles. The third-order valence-electron chi connectivity index (χ3n) is 8.58. The number of aromatic nitrogens is 1. The molecule has 0 unspecified atom stereocenters. The molecule has 4 rings (SSSR count). The Labute approximate surface area is 280 Å². The zero-order valence-electron chi connectivity index (χ0n) is 29.3. The van der Waals surface area contributed by atoms with Crippen LogP contribution in [-0.2, 0) is 25.5 Å². The summed E-state index contributed by atoms with van der Waals surface area (Å²) in [4.78, 5) is 47.4. The first-order chi connectivity index (χ1) is 22.4. The van der Waals surface area contributed by atoms with E-state index in [1.54, 1.807) is 19.1 Å². The molecule has 2 aliphatic heterocycles. The maximum absolute atomic E-state index is 14.8. The number of para-hydroxylation sites is 1. The average molecular weight is 655 g/mol. The SMILES string of the molecule is COCCCCn1c(C(=O)N(CC(C)C)[C@H]2C[C@@H](C(=O)N3CCOCC3)CN(C(=O)OC(C)(C)C)C2)ccc1-c1ccccc1OC. The van der Waals surface area contributed by atoms with E-state index < -0.39 is 17.6 Å². The number of carbonyl (C=O) groups excluding carboxylic acids is 3. The number of nitrogens with zero attached hydrogens (tertiary/aromatic N) is 4. The van der Waals surface area contributed by atoms with Gasteiger partial charge >= 0.3 is 6.09 Å². The van der Waals surface area contributed by atoms with Crippen molar-refractivity contribution in [3.05, 3.63) is 42.1 Å². The standard InChI is InChI=1S/C36H54N4O7/c1-26(2)23-40(28-22-27(33(41)37-17-20-46-21-18-37)24-38(25-28)35(43)47-36(3,4)5)34(42)31-15-14-30(39(31)16-10-11-19-44-6)29-12-8-9-13-32(29)45-7/h8-9,12-15,26-28H,10-11,16-25H2,1-7H3/t27-,28+/m1/s1. The van der Waals surface area contributed by atoms with Gasteiger partial charge in [0.05, 0.1) is 38.0 Å². The molecular weight excluding hydrogens is 600 g/mol. The van der Waals surface area contributed by atoms with Crippen LogP contribution < -0.4 is 4.74 Å². The van der Waals surface area contributed by atoms with Gasteiger partial charge < -0.3 is 38.2 Å². The van der Waals surface area contributed by atoms with Gasteiger partial charge in [-0.1, -0.05) is 26.0 Å². The second-order valence-electron chi connectivity index (χ2n) is 13.9. The van der Waals surface area contributed by atoms with E-state index in [0.29, 0.717) is 58.1 Å². The van der Waals surface area contributed by atoms with Crippen LogP contribution in [0.5, 0.6) is 5.75 Å². The Morgan fingerprint density at radius 1 is 0.979 bits per heavy atom. The lowest BCUT2D eigenvalue weighted by atomic mass is 9.91. The monoisotopic (exact) mass is 654 g/mol. The van der Waals surface area contributed by atoms with Crippen molar-refractivity contribution in [1.82, 2.24) is 19.3 Å². The summed E-state index contributed by atoms with van der Waals surface area (Å²) in [6.07, 6.45) is 1.66. The van der Waals surface area contributed by atoms with Crippen LogP contribution in [-0.4, -0.2) is 116 Å². The molecule has 0 bridgehead atoms. The van der Waals surface area contributed by atoms with Gasteiger partial charge in [-0.3, -0.25) is 9.59 Å². The molecule has 11 heteroatoms. The fourth-order valence-electron chi connectivity index (χ4n) is 6.44. The van der Waals surface area contributed by atoms with Gasteiger partial charge in [0.2, 0.25) is 5.91 Å². The topological polar surface area (TPSA) is 103 Å². The fourth-order valence-corrected chi connectivity index (χ4v) is 6.44. The number of morpholine rings is 1. The molecule has 2 saturated heterocycles. The van der Waals surface area contributed by atoms with E-state index in [9.17, 15) is 14.4 Å². The van der Waals surface area contributed by atoms with Crippen molar-refractivity contribution in [2.75, 3.05) is 66.8 Å². The number of hydrogen-bond donors (Lipinski definition) is 0. The molecule has 260 valence electrons. The van der Waals surface area contributed by atoms with Crippen molar-refractivity contribution < 1.29 is 33.3 Å². The van der Waals surface area contributed by atoms with Gasteiger partial charge in [-0.2, -0.15) is 0 Å². The number of piperidine rings is 1. The van der Waals surface area contributed by atoms with Crippen LogP contribution in [0.25, 0.3) is 11.3 Å². The Morgan fingerprint density at radius 3 is 2.36 bits per heavy atom. The van der Waals surface area contributed by atoms with Crippen LogP contribution in [0.2, 0.25) is 0 Å². The summed E-state index contributed by atoms with van der Waals surface area (Å²) in [5.41, 5.74) is 1.67. The molecule has 3 amide bonds. The molecule has 0 aliphatic carbocycles. The number of ether oxygens (including phenoxy) is 4. The minimum Gasteiger partial charge on any atom is -0.496 e. The van der Waals surface area contributed by atoms with E-state index in [1.807, 2.05) is 67.0 Å². The molecule has 1 aromatic heterocycles. The van der Waals surface area contributed by atoms with E-state index >= 15 is 0 Å². The third kappa shape index (κ3) is 9.50. The highest BCUT2D eigenvalue weighted by molar-refractivity contribution is 5.94. The largest absolute Gasteiger partial charge is 0.496 e. The number of unbranched alkanes of at least 4 members (excludes halogenated alkanes) is 1. The first-order valence-corrected chi connectivity index (χ1v) is 16.9. The number of benzene rings is 1. The lowest BCUT2D eigenvalue weighted by molar-refractivity contribution is -0.142. The van der Waals surface area contributed by atoms with Gasteiger partial charge in [-0.15, -0.1) is 0 Å². The van der Waals surface area contributed by atoms with E-state index in [1.165, 1.54) is 0 Å². The maximum Gasteiger partial charge on any atom is 0.410 e. The van der Waals surface area contributed by atoms with E-state index in [4.69, 9.17) is 18.9 Å². The van der Waals surface area contributed by atoms with E-state index in [0.717, 1.165) is 29.8 Å². The van der Waals surface area contributed by atoms with Crippen molar-refractivity contribution in [2.24, 2.45) is 11.8 Å². The van der Waals surface area contributed by atoms with Crippen LogP contribution in [0.15, 0.2) is 36.4 Å². The van der Waals surface area contributed by atoms with E-state index in [2.05, 4.69) is 18.4 Å². The van der Waals surface area contributed by atoms with Gasteiger partial charge in [0.25, 0.3) is 5.91 Å².